The Balaban J connectivity index is 2.04. The van der Waals surface area contributed by atoms with Gasteiger partial charge in [0.05, 0.1) is 0 Å². The summed E-state index contributed by atoms with van der Waals surface area (Å²) in [4.78, 5) is 13.1. The largest absolute Gasteiger partial charge is 0.289 e. The lowest BCUT2D eigenvalue weighted by molar-refractivity contribution is -0.113. The van der Waals surface area contributed by atoms with E-state index >= 15 is 0 Å². The first-order valence-electron chi connectivity index (χ1n) is 8.23. The average molecular weight is 426 g/mol. The van der Waals surface area contributed by atoms with Crippen LogP contribution in [0.15, 0.2) is 47.5 Å². The van der Waals surface area contributed by atoms with Gasteiger partial charge >= 0.3 is 0 Å². The molecule has 0 saturated heterocycles. The Kier molecular flexibility index (Phi) is 6.14. The maximum absolute atomic E-state index is 13.1. The van der Waals surface area contributed by atoms with E-state index in [-0.39, 0.29) is 11.7 Å². The molecule has 1 aliphatic carbocycles. The van der Waals surface area contributed by atoms with Crippen molar-refractivity contribution in [1.82, 2.24) is 0 Å². The second-order valence-electron chi connectivity index (χ2n) is 6.31. The number of halogens is 4. The number of ketones is 1. The fourth-order valence-corrected chi connectivity index (χ4v) is 4.04. The Bertz CT molecular complexity index is 887. The lowest BCUT2D eigenvalue weighted by Gasteiger charge is -2.23. The molecule has 26 heavy (non-hydrogen) atoms. The molecule has 1 unspecified atom stereocenters. The molecule has 0 amide bonds. The lowest BCUT2D eigenvalue weighted by atomic mass is 9.80. The lowest BCUT2D eigenvalue weighted by Crippen LogP contribution is -2.19. The molecule has 0 aliphatic heterocycles. The van der Waals surface area contributed by atoms with Gasteiger partial charge in [0.25, 0.3) is 0 Å². The maximum Gasteiger partial charge on any atom is 0.185 e. The van der Waals surface area contributed by atoms with Crippen molar-refractivity contribution in [1.29, 1.82) is 0 Å². The van der Waals surface area contributed by atoms with Gasteiger partial charge in [0.15, 0.2) is 5.78 Å². The highest BCUT2D eigenvalue weighted by Gasteiger charge is 2.27. The number of rotatable bonds is 2. The van der Waals surface area contributed by atoms with Gasteiger partial charge in [-0.1, -0.05) is 65.5 Å². The molecule has 1 saturated carbocycles. The molecule has 3 rings (SSSR count). The molecule has 1 nitrogen and oxygen atoms in total. The molecule has 0 N–H and O–H groups in total. The predicted octanol–water partition coefficient (Wildman–Crippen LogP) is 7.77. The zero-order valence-electron chi connectivity index (χ0n) is 14.0. The fraction of sp³-hybridized carbons (Fsp3) is 0.190. The van der Waals surface area contributed by atoms with E-state index in [9.17, 15) is 4.79 Å². The van der Waals surface area contributed by atoms with Crippen LogP contribution in [0.2, 0.25) is 20.1 Å². The van der Waals surface area contributed by atoms with Crippen LogP contribution in [0.25, 0.3) is 12.2 Å². The third-order valence-electron chi connectivity index (χ3n) is 4.55. The van der Waals surface area contributed by atoms with Crippen LogP contribution in [-0.2, 0) is 4.79 Å². The summed E-state index contributed by atoms with van der Waals surface area (Å²) in [6.07, 6.45) is 5.13. The minimum absolute atomic E-state index is 0.0178. The molecule has 0 radical (unpaired) electrons. The van der Waals surface area contributed by atoms with Crippen molar-refractivity contribution < 1.29 is 4.79 Å². The highest BCUT2D eigenvalue weighted by atomic mass is 35.5. The summed E-state index contributed by atoms with van der Waals surface area (Å²) < 4.78 is 0. The van der Waals surface area contributed by atoms with Gasteiger partial charge in [0.1, 0.15) is 0 Å². The standard InChI is InChI=1S/C21H16Cl4O/c1-12-8-9-13(10-15-17(22)4-2-5-18(15)23)21(26)14(12)11-16-19(24)6-3-7-20(16)25/h2-7,10-12H,8-9H2,1H3. The van der Waals surface area contributed by atoms with Gasteiger partial charge in [0.2, 0.25) is 0 Å². The third-order valence-corrected chi connectivity index (χ3v) is 5.87. The molecular formula is C21H16Cl4O. The zero-order chi connectivity index (χ0) is 18.8. The molecule has 1 aliphatic rings. The number of hydrogen-bond donors (Lipinski definition) is 0. The van der Waals surface area contributed by atoms with Gasteiger partial charge in [0, 0.05) is 42.4 Å². The van der Waals surface area contributed by atoms with Gasteiger partial charge in [-0.15, -0.1) is 0 Å². The number of allylic oxidation sites excluding steroid dienone is 2. The summed E-state index contributed by atoms with van der Waals surface area (Å²) in [5.74, 6) is 0.101. The normalized spacial score (nSPS) is 20.8. The van der Waals surface area contributed by atoms with E-state index in [0.717, 1.165) is 6.42 Å². The van der Waals surface area contributed by atoms with Gasteiger partial charge in [-0.25, -0.2) is 0 Å². The highest BCUT2D eigenvalue weighted by Crippen LogP contribution is 2.36. The van der Waals surface area contributed by atoms with Crippen molar-refractivity contribution in [3.8, 4) is 0 Å². The Morgan fingerprint density at radius 1 is 0.846 bits per heavy atom. The number of carbonyl (C=O) groups excluding carboxylic acids is 1. The van der Waals surface area contributed by atoms with E-state index in [0.29, 0.717) is 48.8 Å². The van der Waals surface area contributed by atoms with Crippen molar-refractivity contribution in [2.24, 2.45) is 5.92 Å². The molecule has 0 spiro atoms. The minimum Gasteiger partial charge on any atom is -0.289 e. The molecule has 2 aromatic rings. The van der Waals surface area contributed by atoms with Gasteiger partial charge in [-0.2, -0.15) is 0 Å². The molecule has 134 valence electrons. The van der Waals surface area contributed by atoms with E-state index in [1.165, 1.54) is 0 Å². The van der Waals surface area contributed by atoms with Crippen molar-refractivity contribution >= 4 is 64.3 Å². The Hall–Kier alpha value is -1.25. The molecule has 0 aromatic heterocycles. The first-order valence-corrected chi connectivity index (χ1v) is 9.74. The summed E-state index contributed by atoms with van der Waals surface area (Å²) in [6.45, 7) is 2.04. The summed E-state index contributed by atoms with van der Waals surface area (Å²) in [6, 6.07) is 10.6. The van der Waals surface area contributed by atoms with E-state index in [1.54, 1.807) is 48.6 Å². The molecule has 5 heteroatoms. The van der Waals surface area contributed by atoms with Gasteiger partial charge in [-0.3, -0.25) is 4.79 Å². The summed E-state index contributed by atoms with van der Waals surface area (Å²) in [5.41, 5.74) is 2.72. The summed E-state index contributed by atoms with van der Waals surface area (Å²) in [7, 11) is 0. The van der Waals surface area contributed by atoms with E-state index < -0.39 is 0 Å². The predicted molar refractivity (Wildman–Crippen MR) is 112 cm³/mol. The molecule has 2 aromatic carbocycles. The molecule has 1 atom stereocenters. The van der Waals surface area contributed by atoms with Crippen LogP contribution in [-0.4, -0.2) is 5.78 Å². The number of hydrogen-bond acceptors (Lipinski definition) is 1. The number of Topliss-reactive ketones (excluding diaryl/α,β-unsaturated/α-hetero) is 1. The number of benzene rings is 2. The maximum atomic E-state index is 13.1. The van der Waals surface area contributed by atoms with Crippen molar-refractivity contribution in [3.05, 3.63) is 78.8 Å². The first kappa shape index (κ1) is 19.5. The van der Waals surface area contributed by atoms with Crippen LogP contribution < -0.4 is 0 Å². The van der Waals surface area contributed by atoms with Gasteiger partial charge < -0.3 is 0 Å². The van der Waals surface area contributed by atoms with Crippen LogP contribution in [0.1, 0.15) is 30.9 Å². The van der Waals surface area contributed by atoms with Crippen molar-refractivity contribution in [3.63, 3.8) is 0 Å². The third kappa shape index (κ3) is 4.02. The van der Waals surface area contributed by atoms with Crippen LogP contribution in [0.4, 0.5) is 0 Å². The molecular weight excluding hydrogens is 410 g/mol. The van der Waals surface area contributed by atoms with E-state index in [4.69, 9.17) is 46.4 Å². The Morgan fingerprint density at radius 3 is 1.81 bits per heavy atom. The quantitative estimate of drug-likeness (QED) is 0.449. The van der Waals surface area contributed by atoms with Crippen LogP contribution in [0, 0.1) is 5.92 Å². The molecule has 0 bridgehead atoms. The molecule has 1 fully saturated rings. The highest BCUT2D eigenvalue weighted by molar-refractivity contribution is 6.38. The SMILES string of the molecule is CC1CCC(=Cc2c(Cl)cccc2Cl)C(=O)C1=Cc1c(Cl)cccc1Cl. The topological polar surface area (TPSA) is 17.1 Å². The van der Waals surface area contributed by atoms with Crippen molar-refractivity contribution in [2.45, 2.75) is 19.8 Å². The summed E-state index contributed by atoms with van der Waals surface area (Å²) >= 11 is 25.0. The second-order valence-corrected chi connectivity index (χ2v) is 7.94. The fourth-order valence-electron chi connectivity index (χ4n) is 3.02. The first-order chi connectivity index (χ1) is 12.4. The van der Waals surface area contributed by atoms with Crippen molar-refractivity contribution in [2.75, 3.05) is 0 Å². The van der Waals surface area contributed by atoms with Crippen LogP contribution in [0.3, 0.4) is 0 Å². The second kappa shape index (κ2) is 8.19. The Morgan fingerprint density at radius 2 is 1.31 bits per heavy atom. The van der Waals surface area contributed by atoms with Crippen LogP contribution >= 0.6 is 46.4 Å². The summed E-state index contributed by atoms with van der Waals surface area (Å²) in [5, 5.41) is 2.10. The molecule has 0 heterocycles. The van der Waals surface area contributed by atoms with E-state index in [2.05, 4.69) is 0 Å². The smallest absolute Gasteiger partial charge is 0.185 e. The monoisotopic (exact) mass is 424 g/mol. The van der Waals surface area contributed by atoms with Gasteiger partial charge in [-0.05, 0) is 55.2 Å². The Labute approximate surface area is 173 Å². The number of carbonyl (C=O) groups is 1. The van der Waals surface area contributed by atoms with E-state index in [1.807, 2.05) is 6.92 Å². The zero-order valence-corrected chi connectivity index (χ0v) is 17.1. The van der Waals surface area contributed by atoms with Crippen LogP contribution in [0.5, 0.6) is 0 Å². The minimum atomic E-state index is -0.0178. The average Bonchev–Trinajstić information content (AvgIpc) is 2.59.